The summed E-state index contributed by atoms with van der Waals surface area (Å²) in [6.45, 7) is -0.241. The highest BCUT2D eigenvalue weighted by molar-refractivity contribution is 7.07. The molecule has 0 bridgehead atoms. The summed E-state index contributed by atoms with van der Waals surface area (Å²) in [5, 5.41) is 14.4. The lowest BCUT2D eigenvalue weighted by molar-refractivity contribution is 0.574. The topological polar surface area (TPSA) is 20.2 Å². The smallest absolute Gasteiger partial charge is 0.323 e. The zero-order chi connectivity index (χ0) is 12.4. The average molecular weight is 256 g/mol. The number of rotatable bonds is 3. The zero-order valence-corrected chi connectivity index (χ0v) is 11.2. The lowest BCUT2D eigenvalue weighted by Crippen LogP contribution is -2.36. The summed E-state index contributed by atoms with van der Waals surface area (Å²) in [7, 11) is 0. The summed E-state index contributed by atoms with van der Waals surface area (Å²) in [5.41, 5.74) is 5.27. The van der Waals surface area contributed by atoms with Gasteiger partial charge in [0, 0.05) is 0 Å². The molecule has 0 aliphatic carbocycles. The third-order valence-electron chi connectivity index (χ3n) is 3.78. The molecule has 1 aromatic carbocycles. The Morgan fingerprint density at radius 1 is 1.17 bits per heavy atom. The van der Waals surface area contributed by atoms with Crippen molar-refractivity contribution in [1.82, 2.24) is 0 Å². The third-order valence-corrected chi connectivity index (χ3v) is 4.51. The first kappa shape index (κ1) is 12.0. The predicted molar refractivity (Wildman–Crippen MR) is 78.9 cm³/mol. The molecule has 0 spiro atoms. The minimum absolute atomic E-state index is 0.241. The SMILES string of the molecule is OB1CCCc2ccc(CCc3ccsc3)cc21. The van der Waals surface area contributed by atoms with E-state index in [-0.39, 0.29) is 6.92 Å². The highest BCUT2D eigenvalue weighted by Gasteiger charge is 2.22. The zero-order valence-electron chi connectivity index (χ0n) is 10.4. The molecule has 0 unspecified atom stereocenters. The van der Waals surface area contributed by atoms with E-state index in [9.17, 15) is 5.02 Å². The van der Waals surface area contributed by atoms with Crippen molar-refractivity contribution in [1.29, 1.82) is 0 Å². The van der Waals surface area contributed by atoms with Gasteiger partial charge in [-0.05, 0) is 59.0 Å². The van der Waals surface area contributed by atoms with Crippen LogP contribution in [0.5, 0.6) is 0 Å². The highest BCUT2D eigenvalue weighted by atomic mass is 32.1. The van der Waals surface area contributed by atoms with Crippen LogP contribution < -0.4 is 5.46 Å². The van der Waals surface area contributed by atoms with Gasteiger partial charge in [0.2, 0.25) is 0 Å². The Kier molecular flexibility index (Phi) is 3.53. The van der Waals surface area contributed by atoms with Crippen LogP contribution in [0.1, 0.15) is 23.1 Å². The fraction of sp³-hybridized carbons (Fsp3) is 0.333. The van der Waals surface area contributed by atoms with Crippen LogP contribution >= 0.6 is 11.3 Å². The van der Waals surface area contributed by atoms with Crippen LogP contribution in [0, 0.1) is 0 Å². The lowest BCUT2D eigenvalue weighted by Gasteiger charge is -2.19. The molecule has 0 fully saturated rings. The second-order valence-corrected chi connectivity index (χ2v) is 5.85. The largest absolute Gasteiger partial charge is 0.446 e. The molecule has 1 aliphatic rings. The molecule has 18 heavy (non-hydrogen) atoms. The minimum Gasteiger partial charge on any atom is -0.446 e. The van der Waals surface area contributed by atoms with E-state index in [4.69, 9.17) is 0 Å². The Hall–Kier alpha value is -1.06. The Labute approximate surface area is 113 Å². The van der Waals surface area contributed by atoms with Gasteiger partial charge in [-0.15, -0.1) is 0 Å². The van der Waals surface area contributed by atoms with Gasteiger partial charge in [0.25, 0.3) is 0 Å². The lowest BCUT2D eigenvalue weighted by atomic mass is 9.53. The maximum absolute atomic E-state index is 10.0. The van der Waals surface area contributed by atoms with Crippen molar-refractivity contribution in [2.75, 3.05) is 0 Å². The molecule has 3 heteroatoms. The molecule has 0 saturated carbocycles. The number of aryl methyl sites for hydroxylation is 3. The van der Waals surface area contributed by atoms with E-state index in [1.807, 2.05) is 0 Å². The fourth-order valence-electron chi connectivity index (χ4n) is 2.70. The summed E-state index contributed by atoms with van der Waals surface area (Å²) in [5.74, 6) is 0. The monoisotopic (exact) mass is 256 g/mol. The second-order valence-electron chi connectivity index (χ2n) is 5.07. The van der Waals surface area contributed by atoms with Gasteiger partial charge in [0.1, 0.15) is 0 Å². The van der Waals surface area contributed by atoms with E-state index < -0.39 is 0 Å². The normalized spacial score (nSPS) is 14.6. The van der Waals surface area contributed by atoms with Crippen LogP contribution in [0.25, 0.3) is 0 Å². The molecular formula is C15H17BOS. The number of hydrogen-bond donors (Lipinski definition) is 1. The van der Waals surface area contributed by atoms with Crippen molar-refractivity contribution < 1.29 is 5.02 Å². The van der Waals surface area contributed by atoms with E-state index in [1.165, 1.54) is 22.2 Å². The Balaban J connectivity index is 1.75. The van der Waals surface area contributed by atoms with E-state index in [0.717, 1.165) is 32.0 Å². The number of benzene rings is 1. The quantitative estimate of drug-likeness (QED) is 0.837. The summed E-state index contributed by atoms with van der Waals surface area (Å²) in [6, 6.07) is 8.84. The van der Waals surface area contributed by atoms with Crippen LogP contribution in [-0.2, 0) is 19.3 Å². The maximum Gasteiger partial charge on any atom is 0.323 e. The number of fused-ring (bicyclic) bond motifs is 1. The molecule has 3 rings (SSSR count). The van der Waals surface area contributed by atoms with Gasteiger partial charge in [-0.1, -0.05) is 30.2 Å². The summed E-state index contributed by atoms with van der Waals surface area (Å²) in [6.07, 6.45) is 5.32. The summed E-state index contributed by atoms with van der Waals surface area (Å²) in [4.78, 5) is 0. The highest BCUT2D eigenvalue weighted by Crippen LogP contribution is 2.16. The van der Waals surface area contributed by atoms with Crippen LogP contribution in [0.4, 0.5) is 0 Å². The molecule has 2 aromatic rings. The molecule has 1 aromatic heterocycles. The fourth-order valence-corrected chi connectivity index (χ4v) is 3.41. The van der Waals surface area contributed by atoms with Crippen molar-refractivity contribution in [2.45, 2.75) is 32.0 Å². The molecular weight excluding hydrogens is 239 g/mol. The Morgan fingerprint density at radius 3 is 2.89 bits per heavy atom. The van der Waals surface area contributed by atoms with Crippen LogP contribution in [0.15, 0.2) is 35.0 Å². The van der Waals surface area contributed by atoms with Crippen LogP contribution in [0.2, 0.25) is 6.32 Å². The maximum atomic E-state index is 10.0. The molecule has 0 amide bonds. The average Bonchev–Trinajstić information content (AvgIpc) is 2.90. The molecule has 1 N–H and O–H groups in total. The van der Waals surface area contributed by atoms with Crippen molar-refractivity contribution in [3.8, 4) is 0 Å². The van der Waals surface area contributed by atoms with Crippen LogP contribution in [0.3, 0.4) is 0 Å². The third kappa shape index (κ3) is 2.52. The minimum atomic E-state index is -0.241. The molecule has 1 aliphatic heterocycles. The van der Waals surface area contributed by atoms with Crippen molar-refractivity contribution in [2.24, 2.45) is 0 Å². The van der Waals surface area contributed by atoms with E-state index in [0.29, 0.717) is 0 Å². The van der Waals surface area contributed by atoms with Gasteiger partial charge in [0.15, 0.2) is 0 Å². The van der Waals surface area contributed by atoms with E-state index in [2.05, 4.69) is 35.0 Å². The molecule has 2 heterocycles. The first-order valence-corrected chi connectivity index (χ1v) is 7.58. The summed E-state index contributed by atoms with van der Waals surface area (Å²) < 4.78 is 0. The van der Waals surface area contributed by atoms with Crippen molar-refractivity contribution in [3.05, 3.63) is 51.7 Å². The molecule has 0 atom stereocenters. The van der Waals surface area contributed by atoms with Crippen molar-refractivity contribution >= 4 is 23.7 Å². The Morgan fingerprint density at radius 2 is 2.06 bits per heavy atom. The first-order chi connectivity index (χ1) is 8.83. The summed E-state index contributed by atoms with van der Waals surface area (Å²) >= 11 is 1.76. The van der Waals surface area contributed by atoms with Crippen LogP contribution in [-0.4, -0.2) is 11.9 Å². The van der Waals surface area contributed by atoms with Gasteiger partial charge >= 0.3 is 6.92 Å². The molecule has 0 saturated heterocycles. The van der Waals surface area contributed by atoms with E-state index >= 15 is 0 Å². The molecule has 1 nitrogen and oxygen atoms in total. The molecule has 0 radical (unpaired) electrons. The van der Waals surface area contributed by atoms with Gasteiger partial charge in [-0.25, -0.2) is 0 Å². The van der Waals surface area contributed by atoms with E-state index in [1.54, 1.807) is 11.3 Å². The van der Waals surface area contributed by atoms with Crippen molar-refractivity contribution in [3.63, 3.8) is 0 Å². The second kappa shape index (κ2) is 5.29. The standard InChI is InChI=1S/C15H17BOS/c17-16-8-1-2-14-6-5-12(10-15(14)16)3-4-13-7-9-18-11-13/h5-7,9-11,17H,1-4,8H2. The first-order valence-electron chi connectivity index (χ1n) is 6.64. The van der Waals surface area contributed by atoms with Gasteiger partial charge in [-0.3, -0.25) is 0 Å². The molecule has 92 valence electrons. The van der Waals surface area contributed by atoms with Gasteiger partial charge < -0.3 is 5.02 Å². The number of hydrogen-bond acceptors (Lipinski definition) is 2. The van der Waals surface area contributed by atoms with Gasteiger partial charge in [0.05, 0.1) is 0 Å². The predicted octanol–water partition coefficient (Wildman–Crippen LogP) is 2.67. The van der Waals surface area contributed by atoms with Gasteiger partial charge in [-0.2, -0.15) is 11.3 Å². The number of thiophene rings is 1. The Bertz CT molecular complexity index is 521.